The highest BCUT2D eigenvalue weighted by molar-refractivity contribution is 9.10. The summed E-state index contributed by atoms with van der Waals surface area (Å²) in [6.07, 6.45) is 0. The van der Waals surface area contributed by atoms with E-state index in [4.69, 9.17) is 5.73 Å². The number of rotatable bonds is 4. The number of anilines is 1. The van der Waals surface area contributed by atoms with Crippen molar-refractivity contribution in [3.8, 4) is 22.6 Å². The minimum atomic E-state index is 0.154. The molecule has 3 aromatic rings. The first kappa shape index (κ1) is 17.5. The third-order valence-electron chi connectivity index (χ3n) is 3.45. The van der Waals surface area contributed by atoms with Crippen LogP contribution in [0, 0.1) is 22.7 Å². The standard InChI is InChI=1S/C18H11BrN4S2/c19-12-4-1-3-11(7-12)10-25-18-14(9-21)16(15-5-2-6-24-15)13(8-20)17(22)23-18/h1-7H,10H2,(H2,22,23). The molecule has 0 unspecified atom stereocenters. The molecule has 3 rings (SSSR count). The molecule has 2 heterocycles. The molecule has 0 bridgehead atoms. The normalized spacial score (nSPS) is 10.2. The minimum Gasteiger partial charge on any atom is -0.383 e. The van der Waals surface area contributed by atoms with Gasteiger partial charge in [-0.25, -0.2) is 4.98 Å². The first-order valence-corrected chi connectivity index (χ1v) is 9.84. The predicted molar refractivity (Wildman–Crippen MR) is 105 cm³/mol. The van der Waals surface area contributed by atoms with Crippen molar-refractivity contribution in [1.29, 1.82) is 10.5 Å². The molecule has 1 aromatic carbocycles. The summed E-state index contributed by atoms with van der Waals surface area (Å²) in [5, 5.41) is 21.6. The zero-order valence-corrected chi connectivity index (χ0v) is 16.1. The second-order valence-corrected chi connectivity index (χ2v) is 7.87. The van der Waals surface area contributed by atoms with Crippen molar-refractivity contribution in [1.82, 2.24) is 4.98 Å². The summed E-state index contributed by atoms with van der Waals surface area (Å²) in [7, 11) is 0. The lowest BCUT2D eigenvalue weighted by molar-refractivity contribution is 1.11. The van der Waals surface area contributed by atoms with Crippen molar-refractivity contribution in [3.63, 3.8) is 0 Å². The Morgan fingerprint density at radius 1 is 1.16 bits per heavy atom. The number of benzene rings is 1. The molecule has 0 atom stereocenters. The van der Waals surface area contributed by atoms with Gasteiger partial charge >= 0.3 is 0 Å². The van der Waals surface area contributed by atoms with Crippen LogP contribution >= 0.6 is 39.0 Å². The van der Waals surface area contributed by atoms with E-state index in [1.807, 2.05) is 41.8 Å². The third-order valence-corrected chi connectivity index (χ3v) is 5.87. The van der Waals surface area contributed by atoms with Crippen molar-refractivity contribution in [2.75, 3.05) is 5.73 Å². The number of pyridine rings is 1. The molecule has 0 saturated carbocycles. The van der Waals surface area contributed by atoms with E-state index in [1.54, 1.807) is 0 Å². The molecule has 25 heavy (non-hydrogen) atoms. The maximum absolute atomic E-state index is 9.69. The lowest BCUT2D eigenvalue weighted by Crippen LogP contribution is -2.02. The molecule has 2 N–H and O–H groups in total. The Morgan fingerprint density at radius 3 is 2.60 bits per heavy atom. The lowest BCUT2D eigenvalue weighted by Gasteiger charge is -2.11. The number of thiophene rings is 1. The maximum Gasteiger partial charge on any atom is 0.143 e. The van der Waals surface area contributed by atoms with E-state index in [2.05, 4.69) is 33.1 Å². The summed E-state index contributed by atoms with van der Waals surface area (Å²) in [5.41, 5.74) is 8.32. The van der Waals surface area contributed by atoms with Gasteiger partial charge in [0, 0.05) is 20.7 Å². The van der Waals surface area contributed by atoms with Crippen molar-refractivity contribution in [3.05, 3.63) is 62.9 Å². The number of thioether (sulfide) groups is 1. The van der Waals surface area contributed by atoms with Crippen molar-refractivity contribution in [2.24, 2.45) is 0 Å². The summed E-state index contributed by atoms with van der Waals surface area (Å²) in [6.45, 7) is 0. The Hall–Kier alpha value is -2.32. The largest absolute Gasteiger partial charge is 0.383 e. The van der Waals surface area contributed by atoms with Gasteiger partial charge in [0.05, 0.1) is 5.56 Å². The van der Waals surface area contributed by atoms with Crippen LogP contribution in [0.5, 0.6) is 0 Å². The molecular weight excluding hydrogens is 416 g/mol. The molecule has 0 aliphatic heterocycles. The molecule has 0 spiro atoms. The summed E-state index contributed by atoms with van der Waals surface area (Å²) in [5.74, 6) is 0.803. The topological polar surface area (TPSA) is 86.5 Å². The van der Waals surface area contributed by atoms with Crippen LogP contribution in [-0.4, -0.2) is 4.98 Å². The molecule has 122 valence electrons. The number of halogens is 1. The monoisotopic (exact) mass is 426 g/mol. The molecule has 0 aliphatic rings. The molecule has 0 amide bonds. The quantitative estimate of drug-likeness (QED) is 0.579. The number of aromatic nitrogens is 1. The van der Waals surface area contributed by atoms with Crippen LogP contribution in [-0.2, 0) is 5.75 Å². The molecule has 0 aliphatic carbocycles. The Morgan fingerprint density at radius 2 is 1.96 bits per heavy atom. The first-order valence-electron chi connectivity index (χ1n) is 7.18. The molecule has 0 saturated heterocycles. The van der Waals surface area contributed by atoms with Gasteiger partial charge in [-0.05, 0) is 29.1 Å². The van der Waals surface area contributed by atoms with Gasteiger partial charge in [-0.1, -0.05) is 34.1 Å². The van der Waals surface area contributed by atoms with Crippen LogP contribution in [0.3, 0.4) is 0 Å². The van der Waals surface area contributed by atoms with Gasteiger partial charge in [-0.2, -0.15) is 10.5 Å². The number of nitrogens with zero attached hydrogens (tertiary/aromatic N) is 3. The van der Waals surface area contributed by atoms with E-state index in [9.17, 15) is 10.5 Å². The van der Waals surface area contributed by atoms with Crippen LogP contribution in [0.15, 0.2) is 51.3 Å². The van der Waals surface area contributed by atoms with Crippen LogP contribution in [0.1, 0.15) is 16.7 Å². The van der Waals surface area contributed by atoms with E-state index in [1.165, 1.54) is 23.1 Å². The van der Waals surface area contributed by atoms with Gasteiger partial charge in [-0.3, -0.25) is 0 Å². The van der Waals surface area contributed by atoms with E-state index < -0.39 is 0 Å². The average molecular weight is 427 g/mol. The zero-order valence-electron chi connectivity index (χ0n) is 12.9. The summed E-state index contributed by atoms with van der Waals surface area (Å²) in [4.78, 5) is 5.15. The molecular formula is C18H11BrN4S2. The molecule has 7 heteroatoms. The van der Waals surface area contributed by atoms with Gasteiger partial charge in [0.15, 0.2) is 0 Å². The first-order chi connectivity index (χ1) is 12.1. The van der Waals surface area contributed by atoms with Crippen molar-refractivity contribution in [2.45, 2.75) is 10.8 Å². The zero-order chi connectivity index (χ0) is 17.8. The van der Waals surface area contributed by atoms with Gasteiger partial charge in [0.25, 0.3) is 0 Å². The third kappa shape index (κ3) is 3.69. The van der Waals surface area contributed by atoms with Gasteiger partial charge in [0.1, 0.15) is 28.5 Å². The maximum atomic E-state index is 9.69. The van der Waals surface area contributed by atoms with E-state index in [-0.39, 0.29) is 11.4 Å². The fraction of sp³-hybridized carbons (Fsp3) is 0.0556. The van der Waals surface area contributed by atoms with E-state index in [0.29, 0.717) is 21.9 Å². The lowest BCUT2D eigenvalue weighted by atomic mass is 10.0. The highest BCUT2D eigenvalue weighted by Crippen LogP contribution is 2.38. The Balaban J connectivity index is 2.06. The van der Waals surface area contributed by atoms with Crippen LogP contribution in [0.25, 0.3) is 10.4 Å². The van der Waals surface area contributed by atoms with Crippen molar-refractivity contribution >= 4 is 44.8 Å². The Labute approximate surface area is 162 Å². The van der Waals surface area contributed by atoms with E-state index >= 15 is 0 Å². The molecule has 4 nitrogen and oxygen atoms in total. The Kier molecular flexibility index (Phi) is 5.40. The Bertz CT molecular complexity index is 1000. The number of nitrogens with two attached hydrogens (primary N) is 1. The molecule has 0 radical (unpaired) electrons. The number of nitriles is 2. The SMILES string of the molecule is N#Cc1c(N)nc(SCc2cccc(Br)c2)c(C#N)c1-c1cccs1. The number of nitrogen functional groups attached to an aromatic ring is 1. The van der Waals surface area contributed by atoms with Crippen LogP contribution in [0.2, 0.25) is 0 Å². The van der Waals surface area contributed by atoms with E-state index in [0.717, 1.165) is 14.9 Å². The van der Waals surface area contributed by atoms with Gasteiger partial charge in [-0.15, -0.1) is 23.1 Å². The fourth-order valence-corrected chi connectivity index (χ4v) is 4.52. The second kappa shape index (κ2) is 7.71. The number of hydrogen-bond donors (Lipinski definition) is 1. The highest BCUT2D eigenvalue weighted by atomic mass is 79.9. The summed E-state index contributed by atoms with van der Waals surface area (Å²) in [6, 6.07) is 16.0. The molecule has 2 aromatic heterocycles. The van der Waals surface area contributed by atoms with Crippen LogP contribution < -0.4 is 5.73 Å². The van der Waals surface area contributed by atoms with Crippen molar-refractivity contribution < 1.29 is 0 Å². The van der Waals surface area contributed by atoms with Gasteiger partial charge < -0.3 is 5.73 Å². The second-order valence-electron chi connectivity index (χ2n) is 5.05. The molecule has 0 fully saturated rings. The highest BCUT2D eigenvalue weighted by Gasteiger charge is 2.21. The predicted octanol–water partition coefficient (Wildman–Crippen LogP) is 5.19. The summed E-state index contributed by atoms with van der Waals surface area (Å²) < 4.78 is 0.998. The fourth-order valence-electron chi connectivity index (χ4n) is 2.35. The van der Waals surface area contributed by atoms with Crippen LogP contribution in [0.4, 0.5) is 5.82 Å². The number of hydrogen-bond acceptors (Lipinski definition) is 6. The minimum absolute atomic E-state index is 0.154. The average Bonchev–Trinajstić information content (AvgIpc) is 3.13. The smallest absolute Gasteiger partial charge is 0.143 e. The summed E-state index contributed by atoms with van der Waals surface area (Å²) >= 11 is 6.36. The van der Waals surface area contributed by atoms with Gasteiger partial charge in [0.2, 0.25) is 0 Å².